The van der Waals surface area contributed by atoms with E-state index < -0.39 is 6.10 Å². The minimum absolute atomic E-state index is 0.142. The van der Waals surface area contributed by atoms with Crippen LogP contribution in [0.5, 0.6) is 0 Å². The van der Waals surface area contributed by atoms with Crippen LogP contribution in [-0.4, -0.2) is 40.8 Å². The normalized spacial score (nSPS) is 22.0. The Hall–Kier alpha value is -3.12. The molecule has 2 aromatic carbocycles. The molecule has 0 amide bonds. The van der Waals surface area contributed by atoms with Gasteiger partial charge in [0.15, 0.2) is 0 Å². The number of para-hydroxylation sites is 1. The molecule has 1 aliphatic carbocycles. The number of hydrogen-bond donors (Lipinski definition) is 2. The van der Waals surface area contributed by atoms with Crippen LogP contribution in [0.15, 0.2) is 54.9 Å². The van der Waals surface area contributed by atoms with Gasteiger partial charge < -0.3 is 20.2 Å². The van der Waals surface area contributed by atoms with Crippen LogP contribution in [0, 0.1) is 0 Å². The summed E-state index contributed by atoms with van der Waals surface area (Å²) in [6.45, 7) is 10.6. The Kier molecular flexibility index (Phi) is 5.87. The number of rotatable bonds is 5. The SMILES string of the molecule is CC(C)N(Cc1cccc2c1C1(CCN(c3ncnc4c3[C@H](C)C[C@H]4O)CC1)CN2)c1ccccc1. The molecule has 3 aromatic rings. The summed E-state index contributed by atoms with van der Waals surface area (Å²) in [6, 6.07) is 18.0. The maximum atomic E-state index is 10.5. The van der Waals surface area contributed by atoms with Crippen LogP contribution >= 0.6 is 0 Å². The summed E-state index contributed by atoms with van der Waals surface area (Å²) in [4.78, 5) is 14.1. The highest BCUT2D eigenvalue weighted by molar-refractivity contribution is 5.65. The number of aromatic nitrogens is 2. The third-order valence-electron chi connectivity index (χ3n) is 8.65. The number of aliphatic hydroxyl groups excluding tert-OH is 1. The molecule has 188 valence electrons. The lowest BCUT2D eigenvalue weighted by atomic mass is 9.72. The predicted molar refractivity (Wildman–Crippen MR) is 146 cm³/mol. The monoisotopic (exact) mass is 483 g/mol. The Balaban J connectivity index is 1.28. The smallest absolute Gasteiger partial charge is 0.135 e. The molecule has 3 heterocycles. The second-order valence-corrected chi connectivity index (χ2v) is 11.2. The van der Waals surface area contributed by atoms with Gasteiger partial charge in [-0.15, -0.1) is 0 Å². The van der Waals surface area contributed by atoms with Crippen molar-refractivity contribution in [1.82, 2.24) is 9.97 Å². The molecule has 1 spiro atoms. The molecular weight excluding hydrogens is 446 g/mol. The highest BCUT2D eigenvalue weighted by Crippen LogP contribution is 2.48. The number of nitrogens with zero attached hydrogens (tertiary/aromatic N) is 4. The van der Waals surface area contributed by atoms with Crippen molar-refractivity contribution >= 4 is 17.2 Å². The van der Waals surface area contributed by atoms with E-state index >= 15 is 0 Å². The first kappa shape index (κ1) is 23.3. The maximum absolute atomic E-state index is 10.5. The number of nitrogens with one attached hydrogen (secondary N) is 1. The van der Waals surface area contributed by atoms with Crippen molar-refractivity contribution in [1.29, 1.82) is 0 Å². The minimum atomic E-state index is -0.463. The molecule has 0 radical (unpaired) electrons. The lowest BCUT2D eigenvalue weighted by molar-refractivity contribution is 0.170. The molecule has 3 aliphatic rings. The van der Waals surface area contributed by atoms with Gasteiger partial charge in [-0.05, 0) is 68.4 Å². The van der Waals surface area contributed by atoms with Gasteiger partial charge in [-0.3, -0.25) is 0 Å². The summed E-state index contributed by atoms with van der Waals surface area (Å²) < 4.78 is 0. The van der Waals surface area contributed by atoms with Crippen molar-refractivity contribution in [3.8, 4) is 0 Å². The van der Waals surface area contributed by atoms with Crippen molar-refractivity contribution in [2.24, 2.45) is 0 Å². The fourth-order valence-electron chi connectivity index (χ4n) is 6.76. The van der Waals surface area contributed by atoms with Crippen molar-refractivity contribution < 1.29 is 5.11 Å². The van der Waals surface area contributed by atoms with E-state index in [0.29, 0.717) is 12.0 Å². The molecule has 6 heteroatoms. The molecule has 1 fully saturated rings. The molecule has 2 aliphatic heterocycles. The molecule has 1 aromatic heterocycles. The van der Waals surface area contributed by atoms with Crippen LogP contribution in [0.4, 0.5) is 17.2 Å². The third-order valence-corrected chi connectivity index (χ3v) is 8.65. The van der Waals surface area contributed by atoms with Gasteiger partial charge in [-0.2, -0.15) is 0 Å². The van der Waals surface area contributed by atoms with Crippen molar-refractivity contribution in [3.63, 3.8) is 0 Å². The summed E-state index contributed by atoms with van der Waals surface area (Å²) in [6.07, 6.45) is 4.09. The fraction of sp³-hybridized carbons (Fsp3) is 0.467. The number of hydrogen-bond acceptors (Lipinski definition) is 6. The maximum Gasteiger partial charge on any atom is 0.135 e. The average molecular weight is 484 g/mol. The lowest BCUT2D eigenvalue weighted by Gasteiger charge is -2.41. The average Bonchev–Trinajstić information content (AvgIpc) is 3.40. The van der Waals surface area contributed by atoms with E-state index in [4.69, 9.17) is 4.98 Å². The largest absolute Gasteiger partial charge is 0.387 e. The Morgan fingerprint density at radius 3 is 2.61 bits per heavy atom. The molecule has 2 atom stereocenters. The highest BCUT2D eigenvalue weighted by atomic mass is 16.3. The van der Waals surface area contributed by atoms with Crippen molar-refractivity contribution in [2.45, 2.75) is 70.1 Å². The molecule has 1 saturated heterocycles. The summed E-state index contributed by atoms with van der Waals surface area (Å²) in [5.41, 5.74) is 7.65. The molecule has 6 rings (SSSR count). The molecular formula is C30H37N5O. The first-order chi connectivity index (χ1) is 17.5. The standard InChI is InChI=1S/C30H37N5O/c1-20(2)35(23-9-5-4-6-10-23)17-22-8-7-11-24-27(22)30(18-31-24)12-14-34(15-13-30)29-26-21(3)16-25(36)28(26)32-19-33-29/h4-11,19-21,25,31,36H,12-18H2,1-3H3/t21-,25-/m1/s1. The Morgan fingerprint density at radius 1 is 1.08 bits per heavy atom. The minimum Gasteiger partial charge on any atom is -0.387 e. The van der Waals surface area contributed by atoms with Crippen LogP contribution in [-0.2, 0) is 12.0 Å². The molecule has 0 saturated carbocycles. The topological polar surface area (TPSA) is 64.5 Å². The van der Waals surface area contributed by atoms with E-state index in [1.54, 1.807) is 6.33 Å². The van der Waals surface area contributed by atoms with Gasteiger partial charge in [-0.1, -0.05) is 37.3 Å². The molecule has 36 heavy (non-hydrogen) atoms. The second-order valence-electron chi connectivity index (χ2n) is 11.2. The van der Waals surface area contributed by atoms with E-state index in [9.17, 15) is 5.11 Å². The molecule has 6 nitrogen and oxygen atoms in total. The number of benzene rings is 2. The zero-order valence-electron chi connectivity index (χ0n) is 21.6. The number of fused-ring (bicyclic) bond motifs is 3. The van der Waals surface area contributed by atoms with Gasteiger partial charge in [0, 0.05) is 54.6 Å². The van der Waals surface area contributed by atoms with Gasteiger partial charge in [0.2, 0.25) is 0 Å². The van der Waals surface area contributed by atoms with E-state index in [1.807, 2.05) is 0 Å². The number of anilines is 3. The van der Waals surface area contributed by atoms with Crippen LogP contribution in [0.1, 0.15) is 74.4 Å². The number of piperidine rings is 1. The second kappa shape index (κ2) is 9.07. The van der Waals surface area contributed by atoms with E-state index in [0.717, 1.165) is 62.5 Å². The molecule has 0 unspecified atom stereocenters. The predicted octanol–water partition coefficient (Wildman–Crippen LogP) is 5.40. The van der Waals surface area contributed by atoms with E-state index in [2.05, 4.69) is 89.4 Å². The van der Waals surface area contributed by atoms with Crippen LogP contribution in [0.3, 0.4) is 0 Å². The Morgan fingerprint density at radius 2 is 1.86 bits per heavy atom. The van der Waals surface area contributed by atoms with E-state index in [1.165, 1.54) is 22.5 Å². The van der Waals surface area contributed by atoms with Gasteiger partial charge in [0.05, 0.1) is 11.8 Å². The van der Waals surface area contributed by atoms with Crippen molar-refractivity contribution in [3.05, 3.63) is 77.2 Å². The molecule has 2 N–H and O–H groups in total. The summed E-state index contributed by atoms with van der Waals surface area (Å²) in [5.74, 6) is 1.33. The van der Waals surface area contributed by atoms with Gasteiger partial charge in [-0.25, -0.2) is 9.97 Å². The summed E-state index contributed by atoms with van der Waals surface area (Å²) >= 11 is 0. The summed E-state index contributed by atoms with van der Waals surface area (Å²) in [5, 5.41) is 14.2. The third kappa shape index (κ3) is 3.83. The first-order valence-electron chi connectivity index (χ1n) is 13.4. The highest BCUT2D eigenvalue weighted by Gasteiger charge is 2.44. The van der Waals surface area contributed by atoms with E-state index in [-0.39, 0.29) is 5.41 Å². The zero-order chi connectivity index (χ0) is 24.9. The van der Waals surface area contributed by atoms with Crippen LogP contribution in [0.2, 0.25) is 0 Å². The fourth-order valence-corrected chi connectivity index (χ4v) is 6.76. The van der Waals surface area contributed by atoms with Gasteiger partial charge in [0.1, 0.15) is 12.1 Å². The lowest BCUT2D eigenvalue weighted by Crippen LogP contribution is -2.45. The zero-order valence-corrected chi connectivity index (χ0v) is 21.6. The quantitative estimate of drug-likeness (QED) is 0.507. The van der Waals surface area contributed by atoms with Crippen LogP contribution < -0.4 is 15.1 Å². The van der Waals surface area contributed by atoms with Crippen LogP contribution in [0.25, 0.3) is 0 Å². The van der Waals surface area contributed by atoms with Gasteiger partial charge in [0.25, 0.3) is 0 Å². The number of aliphatic hydroxyl groups is 1. The Labute approximate surface area is 214 Å². The Bertz CT molecular complexity index is 1240. The van der Waals surface area contributed by atoms with Crippen molar-refractivity contribution in [2.75, 3.05) is 34.8 Å². The van der Waals surface area contributed by atoms with Gasteiger partial charge >= 0.3 is 0 Å². The summed E-state index contributed by atoms with van der Waals surface area (Å²) in [7, 11) is 0. The molecule has 0 bridgehead atoms. The first-order valence-corrected chi connectivity index (χ1v) is 13.4.